The topological polar surface area (TPSA) is 125 Å². The minimum atomic E-state index is -0.971. The number of hydrogen-bond donors (Lipinski definition) is 4. The Morgan fingerprint density at radius 3 is 1.67 bits per heavy atom. The molecular formula is C35H49N3O5. The van der Waals surface area contributed by atoms with Gasteiger partial charge in [-0.3, -0.25) is 19.2 Å². The van der Waals surface area contributed by atoms with Crippen LogP contribution in [0.5, 0.6) is 0 Å². The fourth-order valence-corrected chi connectivity index (χ4v) is 5.84. The Kier molecular flexibility index (Phi) is 10.8. The zero-order chi connectivity index (χ0) is 32.1. The minimum Gasteiger partial charge on any atom is -0.481 e. The lowest BCUT2D eigenvalue weighted by atomic mass is 9.59. The van der Waals surface area contributed by atoms with Gasteiger partial charge in [-0.05, 0) is 41.7 Å². The molecule has 2 unspecified atom stereocenters. The number of carboxylic acids is 1. The van der Waals surface area contributed by atoms with Crippen LogP contribution in [0.15, 0.2) is 36.4 Å². The molecule has 0 saturated heterocycles. The Bertz CT molecular complexity index is 1360. The van der Waals surface area contributed by atoms with Gasteiger partial charge in [0.05, 0.1) is 23.0 Å². The first kappa shape index (κ1) is 33.8. The van der Waals surface area contributed by atoms with Gasteiger partial charge in [-0.2, -0.15) is 0 Å². The average molecular weight is 592 g/mol. The number of carbonyl (C=O) groups excluding carboxylic acids is 3. The van der Waals surface area contributed by atoms with Crippen LogP contribution in [0.1, 0.15) is 106 Å². The van der Waals surface area contributed by atoms with E-state index >= 15 is 0 Å². The summed E-state index contributed by atoms with van der Waals surface area (Å²) in [6.07, 6.45) is 2.49. The van der Waals surface area contributed by atoms with E-state index in [1.165, 1.54) is 0 Å². The van der Waals surface area contributed by atoms with E-state index in [4.69, 9.17) is 0 Å². The molecule has 2 aromatic carbocycles. The number of carboxylic acid groups (broad SMARTS) is 1. The van der Waals surface area contributed by atoms with Crippen LogP contribution in [0.3, 0.4) is 0 Å². The van der Waals surface area contributed by atoms with Gasteiger partial charge >= 0.3 is 5.97 Å². The smallest absolute Gasteiger partial charge is 0.307 e. The number of benzene rings is 2. The van der Waals surface area contributed by atoms with Crippen molar-refractivity contribution in [3.63, 3.8) is 0 Å². The van der Waals surface area contributed by atoms with Gasteiger partial charge < -0.3 is 21.1 Å². The number of unbranched alkanes of at least 4 members (excludes halogenated alkanes) is 1. The summed E-state index contributed by atoms with van der Waals surface area (Å²) in [5, 5.41) is 19.8. The summed E-state index contributed by atoms with van der Waals surface area (Å²) < 4.78 is 0. The summed E-state index contributed by atoms with van der Waals surface area (Å²) in [5.74, 6) is -3.09. The van der Waals surface area contributed by atoms with Gasteiger partial charge in [0.1, 0.15) is 0 Å². The Labute approximate surface area is 256 Å². The van der Waals surface area contributed by atoms with E-state index in [2.05, 4.69) is 22.9 Å². The van der Waals surface area contributed by atoms with E-state index in [1.807, 2.05) is 60.6 Å². The first-order valence-electron chi connectivity index (χ1n) is 15.5. The van der Waals surface area contributed by atoms with Crippen LogP contribution in [0, 0.1) is 28.6 Å². The molecule has 0 bridgehead atoms. The van der Waals surface area contributed by atoms with Crippen LogP contribution in [-0.4, -0.2) is 48.2 Å². The average Bonchev–Trinajstić information content (AvgIpc) is 2.93. The third kappa shape index (κ3) is 7.28. The number of rotatable bonds is 14. The molecule has 1 amide bonds. The SMILES string of the molecule is CCCCNc1ccc(NCCCNC(=O)C(C(C(=O)O)C(C)(C)C)C(C)(C)C(C)C)c2c1C(=O)c1ccccc1C2=O. The van der Waals surface area contributed by atoms with E-state index in [1.54, 1.807) is 24.3 Å². The van der Waals surface area contributed by atoms with Gasteiger partial charge in [-0.25, -0.2) is 0 Å². The van der Waals surface area contributed by atoms with Gasteiger partial charge in [0.25, 0.3) is 0 Å². The molecule has 0 aromatic heterocycles. The summed E-state index contributed by atoms with van der Waals surface area (Å²) in [6.45, 7) is 17.1. The van der Waals surface area contributed by atoms with Crippen LogP contribution in [0.2, 0.25) is 0 Å². The van der Waals surface area contributed by atoms with Gasteiger partial charge in [0, 0.05) is 42.1 Å². The minimum absolute atomic E-state index is 0.0881. The van der Waals surface area contributed by atoms with Crippen molar-refractivity contribution in [2.24, 2.45) is 28.6 Å². The second kappa shape index (κ2) is 13.7. The Hall–Kier alpha value is -3.68. The van der Waals surface area contributed by atoms with Gasteiger partial charge in [0.15, 0.2) is 11.6 Å². The molecule has 43 heavy (non-hydrogen) atoms. The monoisotopic (exact) mass is 591 g/mol. The highest BCUT2D eigenvalue weighted by molar-refractivity contribution is 6.31. The van der Waals surface area contributed by atoms with Gasteiger partial charge in [-0.1, -0.05) is 86.1 Å². The molecule has 2 aromatic rings. The van der Waals surface area contributed by atoms with Crippen LogP contribution in [0.4, 0.5) is 11.4 Å². The standard InChI is InChI=1S/C35H49N3O5/c1-9-10-18-36-24-16-17-25(27-26(24)30(39)22-14-11-12-15-23(22)31(27)40)37-19-13-20-38-32(41)28(35(7,8)21(2)3)29(33(42)43)34(4,5)6/h11-12,14-17,21,28-29,36-37H,9-10,13,18-20H2,1-8H3,(H,38,41)(H,42,43). The number of carbonyl (C=O) groups is 4. The van der Waals surface area contributed by atoms with Crippen molar-refractivity contribution in [3.8, 4) is 0 Å². The molecule has 0 spiro atoms. The molecule has 1 aliphatic rings. The van der Waals surface area contributed by atoms with Crippen molar-refractivity contribution in [3.05, 3.63) is 58.7 Å². The van der Waals surface area contributed by atoms with E-state index < -0.39 is 28.6 Å². The van der Waals surface area contributed by atoms with Crippen LogP contribution in [0.25, 0.3) is 0 Å². The molecule has 0 saturated carbocycles. The lowest BCUT2D eigenvalue weighted by Gasteiger charge is -2.44. The second-order valence-electron chi connectivity index (χ2n) is 13.6. The highest BCUT2D eigenvalue weighted by Crippen LogP contribution is 2.46. The summed E-state index contributed by atoms with van der Waals surface area (Å²) in [6, 6.07) is 10.6. The van der Waals surface area contributed by atoms with Crippen molar-refractivity contribution in [2.45, 2.75) is 74.7 Å². The molecule has 0 fully saturated rings. The van der Waals surface area contributed by atoms with Gasteiger partial charge in [0.2, 0.25) is 5.91 Å². The molecule has 0 aliphatic heterocycles. The predicted octanol–water partition coefficient (Wildman–Crippen LogP) is 6.64. The lowest BCUT2D eigenvalue weighted by molar-refractivity contribution is -0.158. The number of ketones is 2. The van der Waals surface area contributed by atoms with Crippen molar-refractivity contribution < 1.29 is 24.3 Å². The number of nitrogens with one attached hydrogen (secondary N) is 3. The molecule has 234 valence electrons. The molecule has 8 heteroatoms. The molecule has 3 rings (SSSR count). The number of fused-ring (bicyclic) bond motifs is 2. The Morgan fingerprint density at radius 1 is 0.767 bits per heavy atom. The van der Waals surface area contributed by atoms with E-state index in [-0.39, 0.29) is 23.4 Å². The first-order valence-corrected chi connectivity index (χ1v) is 15.5. The number of anilines is 2. The zero-order valence-corrected chi connectivity index (χ0v) is 27.0. The maximum atomic E-state index is 13.6. The van der Waals surface area contributed by atoms with E-state index in [0.29, 0.717) is 59.7 Å². The Morgan fingerprint density at radius 2 is 1.26 bits per heavy atom. The van der Waals surface area contributed by atoms with Crippen LogP contribution < -0.4 is 16.0 Å². The highest BCUT2D eigenvalue weighted by Gasteiger charge is 2.50. The summed E-state index contributed by atoms with van der Waals surface area (Å²) >= 11 is 0. The van der Waals surface area contributed by atoms with Crippen molar-refractivity contribution in [1.82, 2.24) is 5.32 Å². The molecular weight excluding hydrogens is 542 g/mol. The first-order chi connectivity index (χ1) is 20.1. The molecule has 2 atom stereocenters. The fraction of sp³-hybridized carbons (Fsp3) is 0.543. The quantitative estimate of drug-likeness (QED) is 0.155. The Balaban J connectivity index is 1.77. The number of hydrogen-bond acceptors (Lipinski definition) is 6. The predicted molar refractivity (Wildman–Crippen MR) is 172 cm³/mol. The molecule has 4 N–H and O–H groups in total. The number of aliphatic carboxylic acids is 1. The maximum Gasteiger partial charge on any atom is 0.307 e. The summed E-state index contributed by atoms with van der Waals surface area (Å²) in [7, 11) is 0. The zero-order valence-electron chi connectivity index (χ0n) is 27.0. The largest absolute Gasteiger partial charge is 0.481 e. The lowest BCUT2D eigenvalue weighted by Crippen LogP contribution is -2.51. The third-order valence-electron chi connectivity index (χ3n) is 8.99. The van der Waals surface area contributed by atoms with Crippen molar-refractivity contribution in [2.75, 3.05) is 30.3 Å². The summed E-state index contributed by atoms with van der Waals surface area (Å²) in [4.78, 5) is 53.2. The van der Waals surface area contributed by atoms with E-state index in [0.717, 1.165) is 12.8 Å². The maximum absolute atomic E-state index is 13.6. The fourth-order valence-electron chi connectivity index (χ4n) is 5.84. The van der Waals surface area contributed by atoms with E-state index in [9.17, 15) is 24.3 Å². The molecule has 0 heterocycles. The normalized spacial score (nSPS) is 14.5. The third-order valence-corrected chi connectivity index (χ3v) is 8.99. The van der Waals surface area contributed by atoms with Crippen molar-refractivity contribution >= 4 is 34.8 Å². The molecule has 8 nitrogen and oxygen atoms in total. The second-order valence-corrected chi connectivity index (χ2v) is 13.6. The molecule has 0 radical (unpaired) electrons. The number of amides is 1. The van der Waals surface area contributed by atoms with Crippen LogP contribution >= 0.6 is 0 Å². The summed E-state index contributed by atoms with van der Waals surface area (Å²) in [5.41, 5.74) is 1.63. The molecule has 1 aliphatic carbocycles. The van der Waals surface area contributed by atoms with Gasteiger partial charge in [-0.15, -0.1) is 0 Å². The van der Waals surface area contributed by atoms with Crippen molar-refractivity contribution in [1.29, 1.82) is 0 Å². The highest BCUT2D eigenvalue weighted by atomic mass is 16.4. The van der Waals surface area contributed by atoms with Crippen LogP contribution in [-0.2, 0) is 9.59 Å².